The fourth-order valence-corrected chi connectivity index (χ4v) is 2.92. The molecule has 0 amide bonds. The summed E-state index contributed by atoms with van der Waals surface area (Å²) in [5, 5.41) is 0. The van der Waals surface area contributed by atoms with Crippen LogP contribution in [0.1, 0.15) is 74.7 Å². The first-order chi connectivity index (χ1) is 16.0. The first-order valence-corrected chi connectivity index (χ1v) is 11.5. The molecule has 2 aromatic carbocycles. The summed E-state index contributed by atoms with van der Waals surface area (Å²) in [5.74, 6) is -0.408. The number of rotatable bonds is 13. The molecular formula is C27H32O6. The number of hydrogen-bond acceptors (Lipinski definition) is 6. The Morgan fingerprint density at radius 1 is 0.758 bits per heavy atom. The molecule has 0 N–H and O–H groups in total. The lowest BCUT2D eigenvalue weighted by Crippen LogP contribution is -2.07. The van der Waals surface area contributed by atoms with Crippen molar-refractivity contribution in [2.45, 2.75) is 58.8 Å². The molecule has 0 aliphatic heterocycles. The van der Waals surface area contributed by atoms with Crippen LogP contribution in [0.3, 0.4) is 0 Å². The second-order valence-electron chi connectivity index (χ2n) is 7.62. The number of ether oxygens (including phenoxy) is 3. The topological polar surface area (TPSA) is 78.9 Å². The summed E-state index contributed by atoms with van der Waals surface area (Å²) in [7, 11) is 0. The SMILES string of the molecule is CCCCCOC(=O)c1ccc(C=CC(=O)Oc2ccc(OC(=O)CCCCC)cc2)cc1. The molecule has 0 radical (unpaired) electrons. The Kier molecular flexibility index (Phi) is 11.4. The lowest BCUT2D eigenvalue weighted by Gasteiger charge is -2.06. The average molecular weight is 453 g/mol. The Balaban J connectivity index is 1.79. The summed E-state index contributed by atoms with van der Waals surface area (Å²) in [6, 6.07) is 13.1. The van der Waals surface area contributed by atoms with Gasteiger partial charge >= 0.3 is 17.9 Å². The molecule has 0 unspecified atom stereocenters. The van der Waals surface area contributed by atoms with Crippen LogP contribution < -0.4 is 9.47 Å². The molecule has 6 nitrogen and oxygen atoms in total. The molecule has 0 spiro atoms. The van der Waals surface area contributed by atoms with E-state index in [9.17, 15) is 14.4 Å². The van der Waals surface area contributed by atoms with E-state index < -0.39 is 5.97 Å². The smallest absolute Gasteiger partial charge is 0.338 e. The third-order valence-electron chi connectivity index (χ3n) is 4.80. The van der Waals surface area contributed by atoms with Crippen LogP contribution in [-0.4, -0.2) is 24.5 Å². The highest BCUT2D eigenvalue weighted by Gasteiger charge is 2.07. The van der Waals surface area contributed by atoms with Gasteiger partial charge in [-0.15, -0.1) is 0 Å². The van der Waals surface area contributed by atoms with Crippen molar-refractivity contribution in [3.8, 4) is 11.5 Å². The van der Waals surface area contributed by atoms with Crippen LogP contribution in [0.15, 0.2) is 54.6 Å². The summed E-state index contributed by atoms with van der Waals surface area (Å²) >= 11 is 0. The molecule has 0 aliphatic carbocycles. The molecule has 2 aromatic rings. The average Bonchev–Trinajstić information content (AvgIpc) is 2.82. The standard InChI is InChI=1S/C27H32O6/c1-3-5-7-9-25(28)32-23-15-17-24(18-16-23)33-26(29)19-12-21-10-13-22(14-11-21)27(30)31-20-8-6-4-2/h10-19H,3-9,20H2,1-2H3. The third kappa shape index (κ3) is 10.2. The van der Waals surface area contributed by atoms with E-state index in [0.29, 0.717) is 30.1 Å². The molecule has 33 heavy (non-hydrogen) atoms. The Morgan fingerprint density at radius 3 is 2.00 bits per heavy atom. The number of esters is 3. The zero-order valence-corrected chi connectivity index (χ0v) is 19.4. The molecule has 0 aliphatic rings. The van der Waals surface area contributed by atoms with Crippen LogP contribution in [0.2, 0.25) is 0 Å². The second-order valence-corrected chi connectivity index (χ2v) is 7.62. The van der Waals surface area contributed by atoms with Crippen molar-refractivity contribution in [3.63, 3.8) is 0 Å². The van der Waals surface area contributed by atoms with Gasteiger partial charge < -0.3 is 14.2 Å². The first-order valence-electron chi connectivity index (χ1n) is 11.5. The molecule has 0 fully saturated rings. The van der Waals surface area contributed by atoms with E-state index in [-0.39, 0.29) is 11.9 Å². The van der Waals surface area contributed by atoms with Crippen LogP contribution in [-0.2, 0) is 14.3 Å². The minimum Gasteiger partial charge on any atom is -0.462 e. The van der Waals surface area contributed by atoms with Gasteiger partial charge in [0.05, 0.1) is 12.2 Å². The molecule has 0 saturated heterocycles. The van der Waals surface area contributed by atoms with E-state index in [4.69, 9.17) is 14.2 Å². The number of hydrogen-bond donors (Lipinski definition) is 0. The van der Waals surface area contributed by atoms with Crippen molar-refractivity contribution < 1.29 is 28.6 Å². The van der Waals surface area contributed by atoms with Gasteiger partial charge in [-0.3, -0.25) is 4.79 Å². The number of benzene rings is 2. The number of carbonyl (C=O) groups is 3. The van der Waals surface area contributed by atoms with Gasteiger partial charge in [-0.2, -0.15) is 0 Å². The van der Waals surface area contributed by atoms with Crippen molar-refractivity contribution in [2.75, 3.05) is 6.61 Å². The summed E-state index contributed by atoms with van der Waals surface area (Å²) in [6.07, 6.45) is 9.10. The van der Waals surface area contributed by atoms with Crippen LogP contribution >= 0.6 is 0 Å². The van der Waals surface area contributed by atoms with E-state index in [0.717, 1.165) is 44.1 Å². The van der Waals surface area contributed by atoms with Crippen molar-refractivity contribution >= 4 is 24.0 Å². The Labute approximate surface area is 195 Å². The summed E-state index contributed by atoms with van der Waals surface area (Å²) in [5.41, 5.74) is 1.22. The van der Waals surface area contributed by atoms with Crippen molar-refractivity contribution in [3.05, 3.63) is 65.7 Å². The largest absolute Gasteiger partial charge is 0.462 e. The summed E-state index contributed by atoms with van der Waals surface area (Å²) < 4.78 is 15.7. The van der Waals surface area contributed by atoms with Crippen LogP contribution in [0.4, 0.5) is 0 Å². The van der Waals surface area contributed by atoms with E-state index in [2.05, 4.69) is 13.8 Å². The molecule has 0 saturated carbocycles. The lowest BCUT2D eigenvalue weighted by atomic mass is 10.1. The quantitative estimate of drug-likeness (QED) is 0.157. The van der Waals surface area contributed by atoms with Gasteiger partial charge in [-0.05, 0) is 60.9 Å². The van der Waals surface area contributed by atoms with Gasteiger partial charge in [-0.25, -0.2) is 9.59 Å². The molecule has 6 heteroatoms. The fraction of sp³-hybridized carbons (Fsp3) is 0.370. The van der Waals surface area contributed by atoms with E-state index in [1.165, 1.54) is 6.08 Å². The van der Waals surface area contributed by atoms with Crippen LogP contribution in [0, 0.1) is 0 Å². The molecule has 0 atom stereocenters. The van der Waals surface area contributed by atoms with Crippen molar-refractivity contribution in [1.82, 2.24) is 0 Å². The maximum absolute atomic E-state index is 12.1. The molecule has 176 valence electrons. The Hall–Kier alpha value is -3.41. The van der Waals surface area contributed by atoms with E-state index >= 15 is 0 Å². The molecule has 2 rings (SSSR count). The van der Waals surface area contributed by atoms with Gasteiger partial charge in [0.25, 0.3) is 0 Å². The summed E-state index contributed by atoms with van der Waals surface area (Å²) in [6.45, 7) is 4.59. The van der Waals surface area contributed by atoms with Gasteiger partial charge in [0, 0.05) is 12.5 Å². The number of carbonyl (C=O) groups excluding carboxylic acids is 3. The van der Waals surface area contributed by atoms with Crippen molar-refractivity contribution in [2.24, 2.45) is 0 Å². The van der Waals surface area contributed by atoms with Crippen LogP contribution in [0.5, 0.6) is 11.5 Å². The van der Waals surface area contributed by atoms with E-state index in [1.807, 2.05) is 0 Å². The normalized spacial score (nSPS) is 10.7. The highest BCUT2D eigenvalue weighted by molar-refractivity contribution is 5.91. The molecule has 0 bridgehead atoms. The first kappa shape index (κ1) is 25.8. The predicted octanol–water partition coefficient (Wildman–Crippen LogP) is 6.14. The van der Waals surface area contributed by atoms with Gasteiger partial charge in [0.15, 0.2) is 0 Å². The highest BCUT2D eigenvalue weighted by atomic mass is 16.5. The zero-order chi connectivity index (χ0) is 23.9. The number of unbranched alkanes of at least 4 members (excludes halogenated alkanes) is 4. The van der Waals surface area contributed by atoms with Crippen molar-refractivity contribution in [1.29, 1.82) is 0 Å². The minimum atomic E-state index is -0.543. The van der Waals surface area contributed by atoms with Gasteiger partial charge in [0.2, 0.25) is 0 Å². The van der Waals surface area contributed by atoms with Crippen LogP contribution in [0.25, 0.3) is 6.08 Å². The fourth-order valence-electron chi connectivity index (χ4n) is 2.92. The van der Waals surface area contributed by atoms with E-state index in [1.54, 1.807) is 54.6 Å². The summed E-state index contributed by atoms with van der Waals surface area (Å²) in [4.78, 5) is 35.8. The maximum atomic E-state index is 12.1. The predicted molar refractivity (Wildman–Crippen MR) is 127 cm³/mol. The third-order valence-corrected chi connectivity index (χ3v) is 4.80. The minimum absolute atomic E-state index is 0.271. The van der Waals surface area contributed by atoms with Gasteiger partial charge in [0.1, 0.15) is 11.5 Å². The zero-order valence-electron chi connectivity index (χ0n) is 19.4. The monoisotopic (exact) mass is 452 g/mol. The Morgan fingerprint density at radius 2 is 1.36 bits per heavy atom. The molecule has 0 heterocycles. The highest BCUT2D eigenvalue weighted by Crippen LogP contribution is 2.19. The molecule has 0 aromatic heterocycles. The maximum Gasteiger partial charge on any atom is 0.338 e. The molecular weight excluding hydrogens is 420 g/mol. The van der Waals surface area contributed by atoms with Gasteiger partial charge in [-0.1, -0.05) is 51.7 Å². The lowest BCUT2D eigenvalue weighted by molar-refractivity contribution is -0.134. The Bertz CT molecular complexity index is 913. The second kappa shape index (κ2) is 14.6.